The first kappa shape index (κ1) is 15.3. The van der Waals surface area contributed by atoms with Crippen LogP contribution >= 0.6 is 0 Å². The Morgan fingerprint density at radius 3 is 2.38 bits per heavy atom. The van der Waals surface area contributed by atoms with Crippen molar-refractivity contribution in [3.63, 3.8) is 0 Å². The quantitative estimate of drug-likeness (QED) is 0.780. The second-order valence-corrected chi connectivity index (χ2v) is 7.96. The molecule has 0 bridgehead atoms. The molecule has 2 heterocycles. The highest BCUT2D eigenvalue weighted by atomic mass is 16.2. The van der Waals surface area contributed by atoms with Gasteiger partial charge in [-0.3, -0.25) is 9.69 Å². The summed E-state index contributed by atoms with van der Waals surface area (Å²) in [6, 6.07) is 0.0970. The van der Waals surface area contributed by atoms with E-state index in [4.69, 9.17) is 0 Å². The van der Waals surface area contributed by atoms with Crippen molar-refractivity contribution in [2.45, 2.75) is 71.3 Å². The fourth-order valence-corrected chi connectivity index (χ4v) is 4.66. The fraction of sp³-hybridized carbons (Fsp3) is 0.944. The van der Waals surface area contributed by atoms with E-state index in [9.17, 15) is 4.79 Å². The standard InChI is InChI=1S/C18H32N2O/c1-15-6-11-19(12-7-15)17(21)16(2)20-13-10-18(14-20)8-4-3-5-9-18/h15-16H,3-14H2,1-2H3/t16-/m0/s1. The molecular formula is C18H32N2O. The molecule has 2 saturated heterocycles. The van der Waals surface area contributed by atoms with Crippen LogP contribution in [-0.4, -0.2) is 47.9 Å². The van der Waals surface area contributed by atoms with Gasteiger partial charge in [-0.1, -0.05) is 26.2 Å². The summed E-state index contributed by atoms with van der Waals surface area (Å²) in [4.78, 5) is 17.3. The van der Waals surface area contributed by atoms with Gasteiger partial charge in [0.1, 0.15) is 0 Å². The molecule has 0 aromatic carbocycles. The van der Waals surface area contributed by atoms with Crippen molar-refractivity contribution in [2.75, 3.05) is 26.2 Å². The third kappa shape index (κ3) is 3.28. The lowest BCUT2D eigenvalue weighted by molar-refractivity contribution is -0.137. The Bertz CT molecular complexity index is 367. The minimum Gasteiger partial charge on any atom is -0.341 e. The van der Waals surface area contributed by atoms with Crippen LogP contribution in [0.2, 0.25) is 0 Å². The Morgan fingerprint density at radius 2 is 1.71 bits per heavy atom. The number of rotatable bonds is 2. The Balaban J connectivity index is 1.55. The Labute approximate surface area is 130 Å². The van der Waals surface area contributed by atoms with Gasteiger partial charge in [0, 0.05) is 19.6 Å². The Morgan fingerprint density at radius 1 is 1.05 bits per heavy atom. The van der Waals surface area contributed by atoms with Gasteiger partial charge in [-0.05, 0) is 56.9 Å². The number of carbonyl (C=O) groups is 1. The zero-order valence-electron chi connectivity index (χ0n) is 13.9. The molecule has 0 unspecified atom stereocenters. The van der Waals surface area contributed by atoms with E-state index in [0.717, 1.165) is 25.6 Å². The molecule has 3 rings (SSSR count). The van der Waals surface area contributed by atoms with Gasteiger partial charge in [-0.2, -0.15) is 0 Å². The zero-order chi connectivity index (χ0) is 14.9. The highest BCUT2D eigenvalue weighted by Crippen LogP contribution is 2.44. The molecule has 3 nitrogen and oxygen atoms in total. The van der Waals surface area contributed by atoms with E-state index in [0.29, 0.717) is 11.3 Å². The lowest BCUT2D eigenvalue weighted by Crippen LogP contribution is -2.49. The predicted octanol–water partition coefficient (Wildman–Crippen LogP) is 3.29. The number of hydrogen-bond acceptors (Lipinski definition) is 2. The number of carbonyl (C=O) groups excluding carboxylic acids is 1. The smallest absolute Gasteiger partial charge is 0.239 e. The summed E-state index contributed by atoms with van der Waals surface area (Å²) in [6.07, 6.45) is 10.7. The normalized spacial score (nSPS) is 29.0. The van der Waals surface area contributed by atoms with Gasteiger partial charge >= 0.3 is 0 Å². The van der Waals surface area contributed by atoms with Gasteiger partial charge < -0.3 is 4.90 Å². The van der Waals surface area contributed by atoms with Crippen LogP contribution in [0.4, 0.5) is 0 Å². The molecule has 1 atom stereocenters. The van der Waals surface area contributed by atoms with Crippen LogP contribution in [0.1, 0.15) is 65.2 Å². The average molecular weight is 292 g/mol. The summed E-state index contributed by atoms with van der Waals surface area (Å²) < 4.78 is 0. The predicted molar refractivity (Wildman–Crippen MR) is 86.1 cm³/mol. The minimum atomic E-state index is 0.0970. The van der Waals surface area contributed by atoms with Gasteiger partial charge in [-0.15, -0.1) is 0 Å². The van der Waals surface area contributed by atoms with Crippen molar-refractivity contribution in [2.24, 2.45) is 11.3 Å². The summed E-state index contributed by atoms with van der Waals surface area (Å²) in [6.45, 7) is 8.70. The van der Waals surface area contributed by atoms with Crippen molar-refractivity contribution < 1.29 is 4.79 Å². The van der Waals surface area contributed by atoms with Crippen LogP contribution < -0.4 is 0 Å². The van der Waals surface area contributed by atoms with Crippen LogP contribution in [-0.2, 0) is 4.79 Å². The number of hydrogen-bond donors (Lipinski definition) is 0. The van der Waals surface area contributed by atoms with Gasteiger partial charge in [0.15, 0.2) is 0 Å². The fourth-order valence-electron chi connectivity index (χ4n) is 4.66. The summed E-state index contributed by atoms with van der Waals surface area (Å²) >= 11 is 0. The molecule has 3 aliphatic rings. The SMILES string of the molecule is CC1CCN(C(=O)[C@H](C)N2CCC3(CCCCC3)C2)CC1. The topological polar surface area (TPSA) is 23.6 Å². The Hall–Kier alpha value is -0.570. The van der Waals surface area contributed by atoms with E-state index < -0.39 is 0 Å². The summed E-state index contributed by atoms with van der Waals surface area (Å²) in [5.74, 6) is 1.18. The molecule has 0 aromatic heterocycles. The number of amides is 1. The first-order valence-electron chi connectivity index (χ1n) is 9.12. The molecule has 2 aliphatic heterocycles. The lowest BCUT2D eigenvalue weighted by atomic mass is 9.73. The molecule has 0 aromatic rings. The van der Waals surface area contributed by atoms with Crippen LogP contribution in [0.5, 0.6) is 0 Å². The van der Waals surface area contributed by atoms with E-state index in [-0.39, 0.29) is 6.04 Å². The monoisotopic (exact) mass is 292 g/mol. The molecule has 0 N–H and O–H groups in total. The maximum Gasteiger partial charge on any atom is 0.239 e. The maximum atomic E-state index is 12.7. The van der Waals surface area contributed by atoms with Crippen molar-refractivity contribution in [1.29, 1.82) is 0 Å². The second-order valence-electron chi connectivity index (χ2n) is 7.96. The van der Waals surface area contributed by atoms with E-state index in [2.05, 4.69) is 23.6 Å². The zero-order valence-corrected chi connectivity index (χ0v) is 13.9. The van der Waals surface area contributed by atoms with Crippen molar-refractivity contribution in [1.82, 2.24) is 9.80 Å². The van der Waals surface area contributed by atoms with Crippen LogP contribution in [0.15, 0.2) is 0 Å². The lowest BCUT2D eigenvalue weighted by Gasteiger charge is -2.36. The molecule has 3 heteroatoms. The third-order valence-electron chi connectivity index (χ3n) is 6.38. The van der Waals surface area contributed by atoms with E-state index in [1.54, 1.807) is 0 Å². The molecule has 1 amide bonds. The Kier molecular flexibility index (Phi) is 4.58. The molecule has 3 fully saturated rings. The molecule has 1 spiro atoms. The molecule has 120 valence electrons. The second kappa shape index (κ2) is 6.28. The average Bonchev–Trinajstić information content (AvgIpc) is 2.91. The molecule has 21 heavy (non-hydrogen) atoms. The van der Waals surface area contributed by atoms with E-state index in [1.165, 1.54) is 57.9 Å². The van der Waals surface area contributed by atoms with Gasteiger partial charge in [0.05, 0.1) is 6.04 Å². The van der Waals surface area contributed by atoms with Crippen LogP contribution in [0.25, 0.3) is 0 Å². The summed E-state index contributed by atoms with van der Waals surface area (Å²) in [7, 11) is 0. The maximum absolute atomic E-state index is 12.7. The van der Waals surface area contributed by atoms with Gasteiger partial charge in [0.25, 0.3) is 0 Å². The molecular weight excluding hydrogens is 260 g/mol. The third-order valence-corrected chi connectivity index (χ3v) is 6.38. The number of nitrogens with zero attached hydrogens (tertiary/aromatic N) is 2. The highest BCUT2D eigenvalue weighted by molar-refractivity contribution is 5.81. The molecule has 1 aliphatic carbocycles. The van der Waals surface area contributed by atoms with E-state index >= 15 is 0 Å². The van der Waals surface area contributed by atoms with Crippen molar-refractivity contribution in [3.05, 3.63) is 0 Å². The van der Waals surface area contributed by atoms with Crippen molar-refractivity contribution in [3.8, 4) is 0 Å². The van der Waals surface area contributed by atoms with Gasteiger partial charge in [-0.25, -0.2) is 0 Å². The first-order valence-corrected chi connectivity index (χ1v) is 9.12. The number of likely N-dealkylation sites (tertiary alicyclic amines) is 2. The first-order chi connectivity index (χ1) is 10.1. The van der Waals surface area contributed by atoms with Crippen LogP contribution in [0, 0.1) is 11.3 Å². The summed E-state index contributed by atoms with van der Waals surface area (Å²) in [5.41, 5.74) is 0.559. The minimum absolute atomic E-state index is 0.0970. The molecule has 1 saturated carbocycles. The number of piperidine rings is 1. The summed E-state index contributed by atoms with van der Waals surface area (Å²) in [5, 5.41) is 0. The largest absolute Gasteiger partial charge is 0.341 e. The van der Waals surface area contributed by atoms with Crippen LogP contribution in [0.3, 0.4) is 0 Å². The van der Waals surface area contributed by atoms with Gasteiger partial charge in [0.2, 0.25) is 5.91 Å². The van der Waals surface area contributed by atoms with Crippen molar-refractivity contribution >= 4 is 5.91 Å². The highest BCUT2D eigenvalue weighted by Gasteiger charge is 2.42. The molecule has 0 radical (unpaired) electrons. The van der Waals surface area contributed by atoms with E-state index in [1.807, 2.05) is 0 Å².